The van der Waals surface area contributed by atoms with Crippen LogP contribution in [0.1, 0.15) is 49.7 Å². The standard InChI is InChI=1S/C18H23NO3/c1-18(17(21)22)10-5-11-19(12-18)16(20)15-9-4-7-13-6-2-3-8-14(13)15/h2-3,6,8,15H,4-5,7,9-12H2,1H3,(H,21,22). The first-order chi connectivity index (χ1) is 10.5. The van der Waals surface area contributed by atoms with Gasteiger partial charge in [0.1, 0.15) is 0 Å². The Morgan fingerprint density at radius 2 is 2.05 bits per heavy atom. The number of likely N-dealkylation sites (tertiary alicyclic amines) is 1. The summed E-state index contributed by atoms with van der Waals surface area (Å²) >= 11 is 0. The van der Waals surface area contributed by atoms with Crippen molar-refractivity contribution in [1.82, 2.24) is 4.90 Å². The first-order valence-electron chi connectivity index (χ1n) is 8.11. The van der Waals surface area contributed by atoms with Gasteiger partial charge >= 0.3 is 5.97 Å². The molecule has 2 aliphatic rings. The zero-order chi connectivity index (χ0) is 15.7. The highest BCUT2D eigenvalue weighted by Gasteiger charge is 2.41. The maximum atomic E-state index is 13.0. The van der Waals surface area contributed by atoms with Crippen molar-refractivity contribution in [1.29, 1.82) is 0 Å². The Balaban J connectivity index is 1.82. The van der Waals surface area contributed by atoms with E-state index in [0.717, 1.165) is 31.2 Å². The second-order valence-electron chi connectivity index (χ2n) is 6.87. The maximum Gasteiger partial charge on any atom is 0.311 e. The van der Waals surface area contributed by atoms with Crippen molar-refractivity contribution in [2.45, 2.75) is 44.9 Å². The molecule has 0 radical (unpaired) electrons. The van der Waals surface area contributed by atoms with Gasteiger partial charge in [0.25, 0.3) is 0 Å². The molecule has 1 saturated heterocycles. The third-order valence-electron chi connectivity index (χ3n) is 5.19. The van der Waals surface area contributed by atoms with Gasteiger partial charge in [0.2, 0.25) is 5.91 Å². The lowest BCUT2D eigenvalue weighted by Crippen LogP contribution is -2.49. The van der Waals surface area contributed by atoms with Crippen LogP contribution in [-0.4, -0.2) is 35.0 Å². The summed E-state index contributed by atoms with van der Waals surface area (Å²) < 4.78 is 0. The molecule has 0 bridgehead atoms. The van der Waals surface area contributed by atoms with E-state index in [1.165, 1.54) is 5.56 Å². The average Bonchev–Trinajstić information content (AvgIpc) is 2.53. The van der Waals surface area contributed by atoms with Gasteiger partial charge < -0.3 is 10.0 Å². The number of nitrogens with zero attached hydrogens (tertiary/aromatic N) is 1. The number of amides is 1. The summed E-state index contributed by atoms with van der Waals surface area (Å²) in [5.74, 6) is -0.783. The van der Waals surface area contributed by atoms with Crippen LogP contribution in [0, 0.1) is 5.41 Å². The van der Waals surface area contributed by atoms with Gasteiger partial charge in [-0.15, -0.1) is 0 Å². The fourth-order valence-electron chi connectivity index (χ4n) is 3.83. The molecule has 118 valence electrons. The van der Waals surface area contributed by atoms with Crippen molar-refractivity contribution >= 4 is 11.9 Å². The van der Waals surface area contributed by atoms with Gasteiger partial charge in [-0.2, -0.15) is 0 Å². The monoisotopic (exact) mass is 301 g/mol. The van der Waals surface area contributed by atoms with Crippen molar-refractivity contribution in [2.75, 3.05) is 13.1 Å². The molecule has 1 aliphatic heterocycles. The molecule has 1 aromatic carbocycles. The van der Waals surface area contributed by atoms with Gasteiger partial charge in [0.05, 0.1) is 11.3 Å². The minimum Gasteiger partial charge on any atom is -0.481 e. The number of carboxylic acid groups (broad SMARTS) is 1. The van der Waals surface area contributed by atoms with E-state index >= 15 is 0 Å². The lowest BCUT2D eigenvalue weighted by Gasteiger charge is -2.40. The van der Waals surface area contributed by atoms with Crippen molar-refractivity contribution in [3.05, 3.63) is 35.4 Å². The Kier molecular flexibility index (Phi) is 3.94. The summed E-state index contributed by atoms with van der Waals surface area (Å²) in [5, 5.41) is 9.43. The molecule has 4 heteroatoms. The van der Waals surface area contributed by atoms with E-state index in [0.29, 0.717) is 19.5 Å². The van der Waals surface area contributed by atoms with Crippen LogP contribution >= 0.6 is 0 Å². The second kappa shape index (κ2) is 5.75. The minimum atomic E-state index is -0.803. The van der Waals surface area contributed by atoms with Crippen LogP contribution in [0.3, 0.4) is 0 Å². The molecule has 1 fully saturated rings. The van der Waals surface area contributed by atoms with Crippen molar-refractivity contribution in [3.63, 3.8) is 0 Å². The fourth-order valence-corrected chi connectivity index (χ4v) is 3.83. The third-order valence-corrected chi connectivity index (χ3v) is 5.19. The molecular weight excluding hydrogens is 278 g/mol. The third kappa shape index (κ3) is 2.62. The molecular formula is C18H23NO3. The summed E-state index contributed by atoms with van der Waals surface area (Å²) in [7, 11) is 0. The summed E-state index contributed by atoms with van der Waals surface area (Å²) in [6.07, 6.45) is 4.34. The number of piperidine rings is 1. The van der Waals surface area contributed by atoms with Crippen LogP contribution in [-0.2, 0) is 16.0 Å². The van der Waals surface area contributed by atoms with Crippen molar-refractivity contribution in [2.24, 2.45) is 5.41 Å². The molecule has 2 unspecified atom stereocenters. The van der Waals surface area contributed by atoms with E-state index in [-0.39, 0.29) is 11.8 Å². The van der Waals surface area contributed by atoms with Crippen LogP contribution in [0.25, 0.3) is 0 Å². The number of hydrogen-bond acceptors (Lipinski definition) is 2. The van der Waals surface area contributed by atoms with Crippen molar-refractivity contribution < 1.29 is 14.7 Å². The van der Waals surface area contributed by atoms with Crippen molar-refractivity contribution in [3.8, 4) is 0 Å². The molecule has 3 rings (SSSR count). The second-order valence-corrected chi connectivity index (χ2v) is 6.87. The van der Waals surface area contributed by atoms with Gasteiger partial charge in [0, 0.05) is 13.1 Å². The highest BCUT2D eigenvalue weighted by molar-refractivity contribution is 5.85. The van der Waals surface area contributed by atoms with Crippen LogP contribution in [0.2, 0.25) is 0 Å². The predicted octanol–water partition coefficient (Wildman–Crippen LogP) is 2.82. The van der Waals surface area contributed by atoms with Crippen LogP contribution < -0.4 is 0 Å². The van der Waals surface area contributed by atoms with Crippen LogP contribution in [0.5, 0.6) is 0 Å². The summed E-state index contributed by atoms with van der Waals surface area (Å²) in [4.78, 5) is 26.2. The van der Waals surface area contributed by atoms with Gasteiger partial charge in [-0.05, 0) is 50.2 Å². The molecule has 1 heterocycles. The summed E-state index contributed by atoms with van der Waals surface area (Å²) in [6, 6.07) is 8.17. The Morgan fingerprint density at radius 1 is 1.27 bits per heavy atom. The van der Waals surface area contributed by atoms with E-state index in [1.807, 2.05) is 12.1 Å². The van der Waals surface area contributed by atoms with E-state index in [1.54, 1.807) is 11.8 Å². The lowest BCUT2D eigenvalue weighted by atomic mass is 9.79. The Hall–Kier alpha value is -1.84. The Labute approximate surface area is 131 Å². The zero-order valence-electron chi connectivity index (χ0n) is 13.0. The Bertz CT molecular complexity index is 598. The average molecular weight is 301 g/mol. The molecule has 22 heavy (non-hydrogen) atoms. The molecule has 1 aliphatic carbocycles. The van der Waals surface area contributed by atoms with Gasteiger partial charge in [-0.25, -0.2) is 0 Å². The minimum absolute atomic E-state index is 0.0962. The van der Waals surface area contributed by atoms with E-state index in [9.17, 15) is 14.7 Å². The lowest BCUT2D eigenvalue weighted by molar-refractivity contribution is -0.153. The number of carbonyl (C=O) groups excluding carboxylic acids is 1. The number of carbonyl (C=O) groups is 2. The SMILES string of the molecule is CC1(C(=O)O)CCCN(C(=O)C2CCCc3ccccc32)C1. The molecule has 1 aromatic rings. The molecule has 0 aromatic heterocycles. The molecule has 2 atom stereocenters. The number of rotatable bonds is 2. The molecule has 1 amide bonds. The zero-order valence-corrected chi connectivity index (χ0v) is 13.0. The number of hydrogen-bond donors (Lipinski definition) is 1. The first-order valence-corrected chi connectivity index (χ1v) is 8.11. The quantitative estimate of drug-likeness (QED) is 0.914. The topological polar surface area (TPSA) is 57.6 Å². The molecule has 0 saturated carbocycles. The largest absolute Gasteiger partial charge is 0.481 e. The highest BCUT2D eigenvalue weighted by Crippen LogP contribution is 2.36. The molecule has 1 N–H and O–H groups in total. The predicted molar refractivity (Wildman–Crippen MR) is 83.7 cm³/mol. The normalized spacial score (nSPS) is 28.0. The molecule has 4 nitrogen and oxygen atoms in total. The van der Waals surface area contributed by atoms with E-state index in [4.69, 9.17) is 0 Å². The number of fused-ring (bicyclic) bond motifs is 1. The number of aliphatic carboxylic acids is 1. The smallest absolute Gasteiger partial charge is 0.311 e. The Morgan fingerprint density at radius 3 is 2.82 bits per heavy atom. The van der Waals surface area contributed by atoms with Gasteiger partial charge in [-0.1, -0.05) is 24.3 Å². The number of benzene rings is 1. The first kappa shape index (κ1) is 15.1. The van der Waals surface area contributed by atoms with E-state index < -0.39 is 11.4 Å². The number of carboxylic acids is 1. The van der Waals surface area contributed by atoms with Gasteiger partial charge in [0.15, 0.2) is 0 Å². The summed E-state index contributed by atoms with van der Waals surface area (Å²) in [5.41, 5.74) is 1.61. The van der Waals surface area contributed by atoms with Gasteiger partial charge in [-0.3, -0.25) is 9.59 Å². The van der Waals surface area contributed by atoms with Crippen LogP contribution in [0.4, 0.5) is 0 Å². The molecule has 0 spiro atoms. The summed E-state index contributed by atoms with van der Waals surface area (Å²) in [6.45, 7) is 2.77. The number of aryl methyl sites for hydroxylation is 1. The van der Waals surface area contributed by atoms with Crippen LogP contribution in [0.15, 0.2) is 24.3 Å². The van der Waals surface area contributed by atoms with E-state index in [2.05, 4.69) is 12.1 Å². The maximum absolute atomic E-state index is 13.0. The fraction of sp³-hybridized carbons (Fsp3) is 0.556. The highest BCUT2D eigenvalue weighted by atomic mass is 16.4.